The highest BCUT2D eigenvalue weighted by Crippen LogP contribution is 2.07. The fourth-order valence-corrected chi connectivity index (χ4v) is 1.92. The topological polar surface area (TPSA) is 69.1 Å². The maximum atomic E-state index is 11.5. The summed E-state index contributed by atoms with van der Waals surface area (Å²) in [4.78, 5) is 7.62. The van der Waals surface area contributed by atoms with E-state index in [-0.39, 0.29) is 6.61 Å². The molecule has 0 saturated heterocycles. The van der Waals surface area contributed by atoms with Crippen LogP contribution in [0.15, 0.2) is 23.6 Å². The second-order valence-electron chi connectivity index (χ2n) is 2.53. The molecule has 0 aromatic carbocycles. The average Bonchev–Trinajstić information content (AvgIpc) is 2.19. The molecular formula is C8H12N2O2S. The molecule has 0 aliphatic heterocycles. The highest BCUT2D eigenvalue weighted by Gasteiger charge is 2.10. The zero-order chi connectivity index (χ0) is 9.52. The van der Waals surface area contributed by atoms with Crippen molar-refractivity contribution in [1.29, 1.82) is 0 Å². The minimum absolute atomic E-state index is 0.154. The van der Waals surface area contributed by atoms with Crippen LogP contribution >= 0.6 is 0 Å². The van der Waals surface area contributed by atoms with Crippen molar-refractivity contribution < 1.29 is 9.66 Å². The van der Waals surface area contributed by atoms with Gasteiger partial charge in [-0.25, -0.2) is 4.98 Å². The van der Waals surface area contributed by atoms with Crippen molar-refractivity contribution in [3.63, 3.8) is 0 Å². The first-order chi connectivity index (χ1) is 6.34. The molecule has 1 heterocycles. The van der Waals surface area contributed by atoms with Gasteiger partial charge in [-0.2, -0.15) is 4.98 Å². The third-order valence-corrected chi connectivity index (χ3v) is 2.89. The fraction of sp³-hybridized carbons (Fsp3) is 0.500. The Morgan fingerprint density at radius 1 is 1.46 bits per heavy atom. The quantitative estimate of drug-likeness (QED) is 0.423. The molecule has 5 heteroatoms. The molecule has 13 heavy (non-hydrogen) atoms. The van der Waals surface area contributed by atoms with E-state index in [1.165, 1.54) is 6.33 Å². The first-order valence-electron chi connectivity index (χ1n) is 4.10. The first-order valence-corrected chi connectivity index (χ1v) is 5.41. The zero-order valence-corrected chi connectivity index (χ0v) is 8.04. The lowest BCUT2D eigenvalue weighted by atomic mass is 10.4. The van der Waals surface area contributed by atoms with E-state index in [9.17, 15) is 4.55 Å². The largest absolute Gasteiger partial charge is 0.610 e. The summed E-state index contributed by atoms with van der Waals surface area (Å²) >= 11 is -1.05. The van der Waals surface area contributed by atoms with Crippen LogP contribution in [0.5, 0.6) is 0 Å². The smallest absolute Gasteiger partial charge is 0.247 e. The van der Waals surface area contributed by atoms with E-state index < -0.39 is 11.2 Å². The van der Waals surface area contributed by atoms with Gasteiger partial charge in [0.25, 0.3) is 0 Å². The molecule has 72 valence electrons. The lowest BCUT2D eigenvalue weighted by Gasteiger charge is -2.07. The Balaban J connectivity index is 2.35. The zero-order valence-electron chi connectivity index (χ0n) is 7.22. The molecule has 0 bridgehead atoms. The van der Waals surface area contributed by atoms with Crippen LogP contribution in [-0.2, 0) is 11.2 Å². The van der Waals surface area contributed by atoms with Gasteiger partial charge < -0.3 is 9.66 Å². The monoisotopic (exact) mass is 200 g/mol. The molecule has 0 amide bonds. The number of nitrogens with zero attached hydrogens (tertiary/aromatic N) is 2. The van der Waals surface area contributed by atoms with Crippen molar-refractivity contribution in [2.24, 2.45) is 0 Å². The third kappa shape index (κ3) is 3.71. The summed E-state index contributed by atoms with van der Waals surface area (Å²) in [5.74, 6) is 0.553. The molecule has 0 aliphatic rings. The molecule has 1 aromatic rings. The van der Waals surface area contributed by atoms with E-state index >= 15 is 0 Å². The molecule has 0 aliphatic carbocycles. The lowest BCUT2D eigenvalue weighted by Crippen LogP contribution is -2.09. The molecule has 0 fully saturated rings. The molecule has 0 saturated carbocycles. The van der Waals surface area contributed by atoms with Crippen molar-refractivity contribution in [2.45, 2.75) is 17.9 Å². The van der Waals surface area contributed by atoms with Gasteiger partial charge in [-0.3, -0.25) is 0 Å². The number of rotatable bonds is 5. The van der Waals surface area contributed by atoms with Crippen LogP contribution in [0.4, 0.5) is 0 Å². The minimum Gasteiger partial charge on any atom is -0.610 e. The van der Waals surface area contributed by atoms with Crippen molar-refractivity contribution in [1.82, 2.24) is 9.97 Å². The van der Waals surface area contributed by atoms with E-state index in [0.29, 0.717) is 17.2 Å². The van der Waals surface area contributed by atoms with Crippen molar-refractivity contribution in [3.8, 4) is 0 Å². The molecule has 1 rings (SSSR count). The first kappa shape index (κ1) is 10.4. The Kier molecular flexibility index (Phi) is 4.74. The molecular weight excluding hydrogens is 188 g/mol. The predicted molar refractivity (Wildman–Crippen MR) is 49.6 cm³/mol. The standard InChI is InChI=1S/C8H12N2O2S/c11-5-1-2-6-13(12)8-3-4-9-7-10-8/h3-4,7,11H,1-2,5-6H2. The molecule has 1 unspecified atom stereocenters. The van der Waals surface area contributed by atoms with E-state index in [1.54, 1.807) is 12.3 Å². The Hall–Kier alpha value is -0.650. The van der Waals surface area contributed by atoms with Gasteiger partial charge in [0.05, 0.1) is 0 Å². The highest BCUT2D eigenvalue weighted by atomic mass is 32.2. The molecule has 1 aromatic heterocycles. The average molecular weight is 200 g/mol. The number of aliphatic hydroxyl groups is 1. The summed E-state index contributed by atoms with van der Waals surface area (Å²) in [6, 6.07) is 1.65. The normalized spacial score (nSPS) is 12.8. The maximum absolute atomic E-state index is 11.5. The van der Waals surface area contributed by atoms with Crippen LogP contribution in [0.1, 0.15) is 12.8 Å². The number of unbranched alkanes of at least 4 members (excludes halogenated alkanes) is 1. The summed E-state index contributed by atoms with van der Waals surface area (Å²) in [5.41, 5.74) is 0. The number of hydrogen-bond donors (Lipinski definition) is 1. The Morgan fingerprint density at radius 3 is 2.92 bits per heavy atom. The van der Waals surface area contributed by atoms with Crippen LogP contribution in [0.3, 0.4) is 0 Å². The van der Waals surface area contributed by atoms with Crippen molar-refractivity contribution in [2.75, 3.05) is 12.4 Å². The van der Waals surface area contributed by atoms with Crippen LogP contribution in [0.2, 0.25) is 0 Å². The lowest BCUT2D eigenvalue weighted by molar-refractivity contribution is 0.287. The van der Waals surface area contributed by atoms with Gasteiger partial charge >= 0.3 is 0 Å². The van der Waals surface area contributed by atoms with E-state index in [4.69, 9.17) is 5.11 Å². The van der Waals surface area contributed by atoms with Crippen LogP contribution in [-0.4, -0.2) is 32.0 Å². The summed E-state index contributed by atoms with van der Waals surface area (Å²) in [6.07, 6.45) is 4.41. The third-order valence-electron chi connectivity index (χ3n) is 1.53. The summed E-state index contributed by atoms with van der Waals surface area (Å²) < 4.78 is 11.5. The Bertz CT molecular complexity index is 233. The number of aliphatic hydroxyl groups excluding tert-OH is 1. The van der Waals surface area contributed by atoms with E-state index in [2.05, 4.69) is 9.97 Å². The fourth-order valence-electron chi connectivity index (χ4n) is 0.863. The van der Waals surface area contributed by atoms with E-state index in [1.807, 2.05) is 0 Å². The van der Waals surface area contributed by atoms with Crippen LogP contribution < -0.4 is 0 Å². The van der Waals surface area contributed by atoms with Crippen LogP contribution in [0.25, 0.3) is 0 Å². The highest BCUT2D eigenvalue weighted by molar-refractivity contribution is 7.91. The molecule has 0 spiro atoms. The Labute approximate surface area is 80.2 Å². The summed E-state index contributed by atoms with van der Waals surface area (Å²) in [6.45, 7) is 0.154. The van der Waals surface area contributed by atoms with E-state index in [0.717, 1.165) is 6.42 Å². The summed E-state index contributed by atoms with van der Waals surface area (Å²) in [5, 5.41) is 9.09. The molecule has 1 N–H and O–H groups in total. The van der Waals surface area contributed by atoms with Gasteiger partial charge in [-0.05, 0) is 12.8 Å². The maximum Gasteiger partial charge on any atom is 0.247 e. The van der Waals surface area contributed by atoms with Crippen molar-refractivity contribution in [3.05, 3.63) is 18.6 Å². The molecule has 4 nitrogen and oxygen atoms in total. The van der Waals surface area contributed by atoms with Gasteiger partial charge in [-0.15, -0.1) is 0 Å². The second kappa shape index (κ2) is 5.90. The molecule has 0 radical (unpaired) electrons. The number of hydrogen-bond acceptors (Lipinski definition) is 4. The second-order valence-corrected chi connectivity index (χ2v) is 4.05. The molecule has 1 atom stereocenters. The number of aromatic nitrogens is 2. The van der Waals surface area contributed by atoms with Crippen LogP contribution in [0, 0.1) is 0 Å². The van der Waals surface area contributed by atoms with Gasteiger partial charge in [0, 0.05) is 30.0 Å². The SMILES string of the molecule is [O-][S+](CCCCO)c1ccncn1. The minimum atomic E-state index is -1.05. The van der Waals surface area contributed by atoms with Gasteiger partial charge in [0.1, 0.15) is 12.1 Å². The van der Waals surface area contributed by atoms with Gasteiger partial charge in [0.2, 0.25) is 5.03 Å². The van der Waals surface area contributed by atoms with Crippen molar-refractivity contribution >= 4 is 11.2 Å². The predicted octanol–water partition coefficient (Wildman–Crippen LogP) is 0.357. The Morgan fingerprint density at radius 2 is 2.31 bits per heavy atom. The van der Waals surface area contributed by atoms with Gasteiger partial charge in [0.15, 0.2) is 0 Å². The summed E-state index contributed by atoms with van der Waals surface area (Å²) in [7, 11) is 0. The van der Waals surface area contributed by atoms with Gasteiger partial charge in [-0.1, -0.05) is 0 Å².